The molecular weight excluding hydrogens is 323 g/mol. The van der Waals surface area contributed by atoms with Gasteiger partial charge < -0.3 is 9.64 Å². The summed E-state index contributed by atoms with van der Waals surface area (Å²) in [6.45, 7) is 2.39. The number of hydrogen-bond acceptors (Lipinski definition) is 4. The third-order valence-corrected chi connectivity index (χ3v) is 4.89. The van der Waals surface area contributed by atoms with Crippen LogP contribution in [0.3, 0.4) is 0 Å². The maximum absolute atomic E-state index is 13.1. The number of rotatable bonds is 5. The summed E-state index contributed by atoms with van der Waals surface area (Å²) in [7, 11) is 1.66. The monoisotopic (exact) mass is 344 g/mol. The summed E-state index contributed by atoms with van der Waals surface area (Å²) in [6.07, 6.45) is 2.50. The highest BCUT2D eigenvalue weighted by Crippen LogP contribution is 2.34. The van der Waals surface area contributed by atoms with E-state index in [0.29, 0.717) is 31.2 Å². The zero-order chi connectivity index (χ0) is 17.4. The van der Waals surface area contributed by atoms with E-state index < -0.39 is 0 Å². The molecule has 1 aromatic heterocycles. The molecular formula is C18H21FN4O2. The molecule has 2 heterocycles. The minimum absolute atomic E-state index is 0.0481. The molecule has 1 aromatic carbocycles. The normalized spacial score (nSPS) is 19.8. The average molecular weight is 344 g/mol. The van der Waals surface area contributed by atoms with Crippen LogP contribution in [0.1, 0.15) is 40.5 Å². The fourth-order valence-corrected chi connectivity index (χ4v) is 3.46. The van der Waals surface area contributed by atoms with Crippen molar-refractivity contribution in [2.75, 3.05) is 20.3 Å². The van der Waals surface area contributed by atoms with Crippen LogP contribution in [0.4, 0.5) is 4.39 Å². The number of carbonyl (C=O) groups is 1. The number of amides is 1. The van der Waals surface area contributed by atoms with Crippen LogP contribution in [0.2, 0.25) is 0 Å². The number of halogens is 1. The zero-order valence-corrected chi connectivity index (χ0v) is 14.2. The van der Waals surface area contributed by atoms with Gasteiger partial charge in [0, 0.05) is 31.7 Å². The smallest absolute Gasteiger partial charge is 0.254 e. The second-order valence-electron chi connectivity index (χ2n) is 6.89. The van der Waals surface area contributed by atoms with Gasteiger partial charge in [0.15, 0.2) is 0 Å². The summed E-state index contributed by atoms with van der Waals surface area (Å²) in [5, 5.41) is 8.63. The Balaban J connectivity index is 1.59. The maximum atomic E-state index is 13.1. The summed E-state index contributed by atoms with van der Waals surface area (Å²) in [5.41, 5.74) is 2.41. The van der Waals surface area contributed by atoms with Crippen molar-refractivity contribution in [3.63, 3.8) is 0 Å². The van der Waals surface area contributed by atoms with E-state index in [2.05, 4.69) is 10.3 Å². The van der Waals surface area contributed by atoms with Crippen molar-refractivity contribution >= 4 is 5.91 Å². The minimum Gasteiger partial charge on any atom is -0.384 e. The van der Waals surface area contributed by atoms with Crippen LogP contribution in [0.15, 0.2) is 24.3 Å². The summed E-state index contributed by atoms with van der Waals surface area (Å²) < 4.78 is 20.5. The van der Waals surface area contributed by atoms with Gasteiger partial charge in [-0.15, -0.1) is 5.10 Å². The van der Waals surface area contributed by atoms with E-state index in [-0.39, 0.29) is 17.6 Å². The molecule has 1 unspecified atom stereocenters. The van der Waals surface area contributed by atoms with E-state index in [1.54, 1.807) is 12.0 Å². The first-order chi connectivity index (χ1) is 12.2. The van der Waals surface area contributed by atoms with Crippen molar-refractivity contribution in [1.82, 2.24) is 19.9 Å². The zero-order valence-electron chi connectivity index (χ0n) is 14.2. The Morgan fingerprint density at radius 2 is 2.08 bits per heavy atom. The highest BCUT2D eigenvalue weighted by Gasteiger charge is 2.34. The van der Waals surface area contributed by atoms with Crippen LogP contribution >= 0.6 is 0 Å². The van der Waals surface area contributed by atoms with Gasteiger partial charge in [0.05, 0.1) is 18.8 Å². The van der Waals surface area contributed by atoms with E-state index in [1.807, 2.05) is 4.68 Å². The third kappa shape index (κ3) is 3.28. The first-order valence-corrected chi connectivity index (χ1v) is 8.61. The second kappa shape index (κ2) is 6.55. The summed E-state index contributed by atoms with van der Waals surface area (Å²) in [6, 6.07) is 5.65. The Morgan fingerprint density at radius 3 is 2.76 bits per heavy atom. The molecule has 0 spiro atoms. The third-order valence-electron chi connectivity index (χ3n) is 4.89. The fraction of sp³-hybridized carbons (Fsp3) is 0.500. The Bertz CT molecular complexity index is 770. The summed E-state index contributed by atoms with van der Waals surface area (Å²) >= 11 is 0. The fourth-order valence-electron chi connectivity index (χ4n) is 3.46. The molecule has 7 heteroatoms. The summed E-state index contributed by atoms with van der Waals surface area (Å²) in [5.74, 6) is 0.279. The van der Waals surface area contributed by atoms with Crippen molar-refractivity contribution in [1.29, 1.82) is 0 Å². The van der Waals surface area contributed by atoms with E-state index >= 15 is 0 Å². The van der Waals surface area contributed by atoms with Crippen LogP contribution in [-0.2, 0) is 17.8 Å². The molecule has 132 valence electrons. The number of fused-ring (bicyclic) bond motifs is 1. The highest BCUT2D eigenvalue weighted by molar-refractivity contribution is 5.94. The van der Waals surface area contributed by atoms with Crippen LogP contribution < -0.4 is 0 Å². The van der Waals surface area contributed by atoms with Crippen LogP contribution in [0, 0.1) is 11.7 Å². The van der Waals surface area contributed by atoms with Crippen molar-refractivity contribution in [3.8, 4) is 0 Å². The molecule has 1 aliphatic carbocycles. The van der Waals surface area contributed by atoms with Crippen LogP contribution in [-0.4, -0.2) is 46.1 Å². The highest BCUT2D eigenvalue weighted by atomic mass is 19.1. The number of methoxy groups -OCH3 is 1. The SMILES string of the molecule is COCC1CN(C(=O)c2ccc(F)cc2)Cc2nnn(CC3CC3)c21. The number of benzene rings is 1. The van der Waals surface area contributed by atoms with E-state index in [0.717, 1.165) is 17.9 Å². The maximum Gasteiger partial charge on any atom is 0.254 e. The lowest BCUT2D eigenvalue weighted by atomic mass is 9.98. The number of hydrogen-bond donors (Lipinski definition) is 0. The second-order valence-corrected chi connectivity index (χ2v) is 6.89. The first kappa shape index (κ1) is 16.2. The van der Waals surface area contributed by atoms with E-state index in [4.69, 9.17) is 4.74 Å². The van der Waals surface area contributed by atoms with Gasteiger partial charge in [0.1, 0.15) is 11.5 Å². The molecule has 4 rings (SSSR count). The molecule has 6 nitrogen and oxygen atoms in total. The van der Waals surface area contributed by atoms with Gasteiger partial charge in [-0.25, -0.2) is 9.07 Å². The van der Waals surface area contributed by atoms with Gasteiger partial charge in [0.2, 0.25) is 0 Å². The lowest BCUT2D eigenvalue weighted by molar-refractivity contribution is 0.0672. The summed E-state index contributed by atoms with van der Waals surface area (Å²) in [4.78, 5) is 14.5. The molecule has 25 heavy (non-hydrogen) atoms. The van der Waals surface area contributed by atoms with Crippen molar-refractivity contribution in [3.05, 3.63) is 47.0 Å². The topological polar surface area (TPSA) is 60.2 Å². The predicted octanol–water partition coefficient (Wildman–Crippen LogP) is 2.21. The number of ether oxygens (including phenoxy) is 1. The molecule has 0 N–H and O–H groups in total. The Kier molecular flexibility index (Phi) is 4.25. The van der Waals surface area contributed by atoms with Gasteiger partial charge >= 0.3 is 0 Å². The molecule has 1 saturated carbocycles. The van der Waals surface area contributed by atoms with E-state index in [1.165, 1.54) is 37.1 Å². The van der Waals surface area contributed by atoms with Gasteiger partial charge in [-0.3, -0.25) is 4.79 Å². The quantitative estimate of drug-likeness (QED) is 0.834. The largest absolute Gasteiger partial charge is 0.384 e. The molecule has 1 amide bonds. The molecule has 0 saturated heterocycles. The van der Waals surface area contributed by atoms with Gasteiger partial charge in [-0.2, -0.15) is 0 Å². The van der Waals surface area contributed by atoms with E-state index in [9.17, 15) is 9.18 Å². The number of carbonyl (C=O) groups excluding carboxylic acids is 1. The Labute approximate surface area is 145 Å². The number of nitrogens with zero attached hydrogens (tertiary/aromatic N) is 4. The van der Waals surface area contributed by atoms with Gasteiger partial charge in [0.25, 0.3) is 5.91 Å². The standard InChI is InChI=1S/C18H21FN4O2/c1-25-11-14-9-22(18(24)13-4-6-15(19)7-5-13)10-16-17(14)23(21-20-16)8-12-2-3-12/h4-7,12,14H,2-3,8-11H2,1H3. The average Bonchev–Trinajstić information content (AvgIpc) is 3.34. The Hall–Kier alpha value is -2.28. The van der Waals surface area contributed by atoms with Gasteiger partial charge in [-0.05, 0) is 43.0 Å². The molecule has 1 fully saturated rings. The lowest BCUT2D eigenvalue weighted by Crippen LogP contribution is -2.40. The number of aromatic nitrogens is 3. The Morgan fingerprint density at radius 1 is 1.32 bits per heavy atom. The van der Waals surface area contributed by atoms with Crippen LogP contribution in [0.25, 0.3) is 0 Å². The molecule has 0 radical (unpaired) electrons. The molecule has 1 atom stereocenters. The molecule has 2 aliphatic rings. The van der Waals surface area contributed by atoms with Gasteiger partial charge in [-0.1, -0.05) is 5.21 Å². The molecule has 2 aromatic rings. The van der Waals surface area contributed by atoms with Crippen LogP contribution in [0.5, 0.6) is 0 Å². The first-order valence-electron chi connectivity index (χ1n) is 8.61. The molecule has 0 bridgehead atoms. The molecule has 1 aliphatic heterocycles. The van der Waals surface area contributed by atoms with Crippen molar-refractivity contribution < 1.29 is 13.9 Å². The lowest BCUT2D eigenvalue weighted by Gasteiger charge is -2.32. The minimum atomic E-state index is -0.349. The van der Waals surface area contributed by atoms with Crippen molar-refractivity contribution in [2.24, 2.45) is 5.92 Å². The van der Waals surface area contributed by atoms with Crippen molar-refractivity contribution in [2.45, 2.75) is 31.8 Å². The predicted molar refractivity (Wildman–Crippen MR) is 88.5 cm³/mol.